The summed E-state index contributed by atoms with van der Waals surface area (Å²) in [6, 6.07) is 9.11. The predicted molar refractivity (Wildman–Crippen MR) is 90.2 cm³/mol. The van der Waals surface area contributed by atoms with Crippen LogP contribution >= 0.6 is 34.5 Å². The molecule has 1 aliphatic carbocycles. The second-order valence-electron chi connectivity index (χ2n) is 5.40. The second-order valence-corrected chi connectivity index (χ2v) is 7.19. The third-order valence-corrected chi connectivity index (χ3v) is 5.42. The van der Waals surface area contributed by atoms with Crippen molar-refractivity contribution in [3.8, 4) is 5.75 Å². The van der Waals surface area contributed by atoms with Crippen LogP contribution < -0.4 is 10.1 Å². The van der Waals surface area contributed by atoms with E-state index in [1.165, 1.54) is 4.88 Å². The number of thiophene rings is 1. The zero-order valence-electron chi connectivity index (χ0n) is 11.8. The van der Waals surface area contributed by atoms with Crippen LogP contribution in [-0.2, 0) is 10.2 Å². The average molecular weight is 356 g/mol. The van der Waals surface area contributed by atoms with Crippen molar-refractivity contribution in [2.45, 2.75) is 18.3 Å². The molecule has 3 nitrogen and oxygen atoms in total. The van der Waals surface area contributed by atoms with Gasteiger partial charge in [-0.1, -0.05) is 29.3 Å². The van der Waals surface area contributed by atoms with Gasteiger partial charge < -0.3 is 10.1 Å². The summed E-state index contributed by atoms with van der Waals surface area (Å²) in [4.78, 5) is 13.3. The van der Waals surface area contributed by atoms with Crippen molar-refractivity contribution in [2.75, 3.05) is 13.2 Å². The van der Waals surface area contributed by atoms with Crippen LogP contribution in [0, 0.1) is 0 Å². The number of nitrogens with one attached hydrogen (secondary N) is 1. The molecule has 0 spiro atoms. The van der Waals surface area contributed by atoms with E-state index in [0.717, 1.165) is 12.8 Å². The quantitative estimate of drug-likeness (QED) is 0.839. The predicted octanol–water partition coefficient (Wildman–Crippen LogP) is 4.28. The largest absolute Gasteiger partial charge is 0.482 e. The summed E-state index contributed by atoms with van der Waals surface area (Å²) >= 11 is 13.6. The van der Waals surface area contributed by atoms with E-state index in [-0.39, 0.29) is 17.9 Å². The molecule has 1 amide bonds. The number of amides is 1. The highest BCUT2D eigenvalue weighted by molar-refractivity contribution is 7.10. The summed E-state index contributed by atoms with van der Waals surface area (Å²) in [5, 5.41) is 5.96. The molecule has 2 aromatic rings. The molecule has 6 heteroatoms. The van der Waals surface area contributed by atoms with Gasteiger partial charge in [0.05, 0.1) is 5.02 Å². The van der Waals surface area contributed by atoms with Crippen LogP contribution in [0.3, 0.4) is 0 Å². The molecule has 1 heterocycles. The summed E-state index contributed by atoms with van der Waals surface area (Å²) in [5.74, 6) is 0.314. The highest BCUT2D eigenvalue weighted by Crippen LogP contribution is 2.49. The highest BCUT2D eigenvalue weighted by atomic mass is 35.5. The fourth-order valence-corrected chi connectivity index (χ4v) is 3.75. The maximum Gasteiger partial charge on any atom is 0.257 e. The van der Waals surface area contributed by atoms with Crippen LogP contribution in [0.1, 0.15) is 17.7 Å². The van der Waals surface area contributed by atoms with Crippen molar-refractivity contribution in [3.63, 3.8) is 0 Å². The van der Waals surface area contributed by atoms with E-state index >= 15 is 0 Å². The van der Waals surface area contributed by atoms with E-state index in [1.54, 1.807) is 29.5 Å². The molecule has 22 heavy (non-hydrogen) atoms. The molecule has 1 aromatic carbocycles. The zero-order chi connectivity index (χ0) is 15.6. The first-order valence-corrected chi connectivity index (χ1v) is 8.61. The van der Waals surface area contributed by atoms with Crippen molar-refractivity contribution in [2.24, 2.45) is 0 Å². The molecule has 0 atom stereocenters. The number of rotatable bonds is 6. The lowest BCUT2D eigenvalue weighted by Gasteiger charge is -2.15. The maximum absolute atomic E-state index is 11.9. The monoisotopic (exact) mass is 355 g/mol. The molecule has 1 aliphatic rings. The lowest BCUT2D eigenvalue weighted by molar-refractivity contribution is -0.123. The Hall–Kier alpha value is -1.23. The van der Waals surface area contributed by atoms with Crippen molar-refractivity contribution in [1.29, 1.82) is 0 Å². The molecule has 0 radical (unpaired) electrons. The van der Waals surface area contributed by atoms with Crippen LogP contribution in [0.2, 0.25) is 10.0 Å². The molecule has 0 aliphatic heterocycles. The van der Waals surface area contributed by atoms with Crippen molar-refractivity contribution >= 4 is 40.4 Å². The van der Waals surface area contributed by atoms with Crippen LogP contribution in [0.25, 0.3) is 0 Å². The smallest absolute Gasteiger partial charge is 0.257 e. The van der Waals surface area contributed by atoms with Gasteiger partial charge in [0.2, 0.25) is 0 Å². The van der Waals surface area contributed by atoms with Gasteiger partial charge in [-0.15, -0.1) is 11.3 Å². The number of carbonyl (C=O) groups excluding carboxylic acids is 1. The molecule has 0 unspecified atom stereocenters. The van der Waals surface area contributed by atoms with Gasteiger partial charge in [-0.05, 0) is 42.5 Å². The molecule has 3 rings (SSSR count). The Morgan fingerprint density at radius 3 is 2.77 bits per heavy atom. The summed E-state index contributed by atoms with van der Waals surface area (Å²) in [7, 11) is 0. The summed E-state index contributed by atoms with van der Waals surface area (Å²) in [5.41, 5.74) is 0.141. The van der Waals surface area contributed by atoms with Gasteiger partial charge in [0.25, 0.3) is 5.91 Å². The molecule has 1 N–H and O–H groups in total. The van der Waals surface area contributed by atoms with Gasteiger partial charge in [-0.3, -0.25) is 4.79 Å². The number of carbonyl (C=O) groups is 1. The maximum atomic E-state index is 11.9. The molecule has 0 bridgehead atoms. The van der Waals surface area contributed by atoms with Crippen LogP contribution in [0.15, 0.2) is 35.7 Å². The van der Waals surface area contributed by atoms with Crippen molar-refractivity contribution in [3.05, 3.63) is 50.6 Å². The Morgan fingerprint density at radius 2 is 2.14 bits per heavy atom. The van der Waals surface area contributed by atoms with E-state index in [1.807, 2.05) is 6.07 Å². The highest BCUT2D eigenvalue weighted by Gasteiger charge is 2.45. The Balaban J connectivity index is 1.49. The molecular formula is C16H15Cl2NO2S. The van der Waals surface area contributed by atoms with Gasteiger partial charge in [-0.25, -0.2) is 0 Å². The fourth-order valence-electron chi connectivity index (χ4n) is 2.30. The minimum Gasteiger partial charge on any atom is -0.482 e. The van der Waals surface area contributed by atoms with Gasteiger partial charge in [0.1, 0.15) is 5.75 Å². The van der Waals surface area contributed by atoms with Crippen LogP contribution in [0.4, 0.5) is 0 Å². The first kappa shape index (κ1) is 15.7. The van der Waals surface area contributed by atoms with Gasteiger partial charge in [0.15, 0.2) is 6.61 Å². The average Bonchev–Trinajstić information content (AvgIpc) is 3.07. The van der Waals surface area contributed by atoms with Gasteiger partial charge in [-0.2, -0.15) is 0 Å². The molecule has 1 saturated carbocycles. The number of hydrogen-bond donors (Lipinski definition) is 1. The molecular weight excluding hydrogens is 341 g/mol. The third kappa shape index (κ3) is 3.57. The lowest BCUT2D eigenvalue weighted by Crippen LogP contribution is -2.35. The minimum absolute atomic E-state index is 0.0537. The Labute approximate surface area is 143 Å². The first-order valence-electron chi connectivity index (χ1n) is 6.98. The van der Waals surface area contributed by atoms with E-state index in [9.17, 15) is 4.79 Å². The van der Waals surface area contributed by atoms with E-state index in [4.69, 9.17) is 27.9 Å². The summed E-state index contributed by atoms with van der Waals surface area (Å²) in [6.45, 7) is 0.603. The van der Waals surface area contributed by atoms with E-state index in [0.29, 0.717) is 22.3 Å². The Kier molecular flexibility index (Phi) is 4.62. The lowest BCUT2D eigenvalue weighted by atomic mass is 10.1. The Bertz CT molecular complexity index is 669. The Morgan fingerprint density at radius 1 is 1.32 bits per heavy atom. The van der Waals surface area contributed by atoms with Crippen LogP contribution in [-0.4, -0.2) is 19.1 Å². The molecule has 1 aromatic heterocycles. The third-order valence-electron chi connectivity index (χ3n) is 3.77. The zero-order valence-corrected chi connectivity index (χ0v) is 14.1. The SMILES string of the molecule is O=C(COc1ccc(Cl)cc1Cl)NCC1(c2cccs2)CC1. The molecule has 0 saturated heterocycles. The van der Waals surface area contributed by atoms with Crippen molar-refractivity contribution in [1.82, 2.24) is 5.32 Å². The number of hydrogen-bond acceptors (Lipinski definition) is 3. The summed E-state index contributed by atoms with van der Waals surface area (Å²) < 4.78 is 5.43. The number of ether oxygens (including phenoxy) is 1. The molecule has 116 valence electrons. The van der Waals surface area contributed by atoms with Gasteiger partial charge in [0, 0.05) is 21.9 Å². The van der Waals surface area contributed by atoms with E-state index < -0.39 is 0 Å². The second kappa shape index (κ2) is 6.49. The normalized spacial score (nSPS) is 15.4. The fraction of sp³-hybridized carbons (Fsp3) is 0.312. The topological polar surface area (TPSA) is 38.3 Å². The summed E-state index contributed by atoms with van der Waals surface area (Å²) in [6.07, 6.45) is 2.25. The van der Waals surface area contributed by atoms with Crippen molar-refractivity contribution < 1.29 is 9.53 Å². The number of benzene rings is 1. The molecule has 1 fully saturated rings. The minimum atomic E-state index is -0.145. The standard InChI is InChI=1S/C16H15Cl2NO2S/c17-11-3-4-13(12(18)8-11)21-9-15(20)19-10-16(5-6-16)14-2-1-7-22-14/h1-4,7-8H,5-6,9-10H2,(H,19,20). The van der Waals surface area contributed by atoms with Gasteiger partial charge >= 0.3 is 0 Å². The first-order chi connectivity index (χ1) is 10.6. The van der Waals surface area contributed by atoms with E-state index in [2.05, 4.69) is 16.8 Å². The number of halogens is 2. The van der Waals surface area contributed by atoms with Crippen LogP contribution in [0.5, 0.6) is 5.75 Å².